The van der Waals surface area contributed by atoms with Crippen LogP contribution in [-0.4, -0.2) is 24.9 Å². The summed E-state index contributed by atoms with van der Waals surface area (Å²) in [6, 6.07) is 16.0. The van der Waals surface area contributed by atoms with Gasteiger partial charge in [0, 0.05) is 24.2 Å². The average Bonchev–Trinajstić information content (AvgIpc) is 3.10. The smallest absolute Gasteiger partial charge is 0.237 e. The van der Waals surface area contributed by atoms with Gasteiger partial charge in [-0.1, -0.05) is 35.5 Å². The second-order valence-electron chi connectivity index (χ2n) is 6.23. The number of benzene rings is 1. The van der Waals surface area contributed by atoms with Crippen LogP contribution in [0, 0.1) is 0 Å². The lowest BCUT2D eigenvalue weighted by atomic mass is 9.96. The largest absolute Gasteiger partial charge is 0.338 e. The summed E-state index contributed by atoms with van der Waals surface area (Å²) < 4.78 is 7.31. The van der Waals surface area contributed by atoms with E-state index >= 15 is 0 Å². The second kappa shape index (κ2) is 5.37. The van der Waals surface area contributed by atoms with Gasteiger partial charge in [-0.05, 0) is 36.6 Å². The Balaban J connectivity index is 1.45. The normalized spacial score (nSPS) is 15.2. The SMILES string of the molecule is c1ccc(C2(c3nc(-c4ccc(-n5cccn5)nc4)no3)CC2)cc1. The molecule has 1 aliphatic rings. The minimum atomic E-state index is -0.116. The Morgan fingerprint density at radius 2 is 1.88 bits per heavy atom. The van der Waals surface area contributed by atoms with Gasteiger partial charge in [0.25, 0.3) is 0 Å². The summed E-state index contributed by atoms with van der Waals surface area (Å²) in [5.74, 6) is 2.00. The van der Waals surface area contributed by atoms with Crippen LogP contribution in [0.25, 0.3) is 17.2 Å². The van der Waals surface area contributed by atoms with Crippen molar-refractivity contribution >= 4 is 0 Å². The molecule has 1 aromatic carbocycles. The third-order valence-electron chi connectivity index (χ3n) is 4.66. The molecule has 25 heavy (non-hydrogen) atoms. The first-order valence-corrected chi connectivity index (χ1v) is 8.21. The molecular weight excluding hydrogens is 314 g/mol. The monoisotopic (exact) mass is 329 g/mol. The van der Waals surface area contributed by atoms with Crippen molar-refractivity contribution in [2.75, 3.05) is 0 Å². The van der Waals surface area contributed by atoms with E-state index in [1.54, 1.807) is 17.1 Å². The van der Waals surface area contributed by atoms with Gasteiger partial charge in [0.2, 0.25) is 11.7 Å². The van der Waals surface area contributed by atoms with E-state index in [4.69, 9.17) is 4.52 Å². The third kappa shape index (κ3) is 2.34. The van der Waals surface area contributed by atoms with Gasteiger partial charge in [-0.15, -0.1) is 0 Å². The first kappa shape index (κ1) is 14.1. The second-order valence-corrected chi connectivity index (χ2v) is 6.23. The molecule has 0 N–H and O–H groups in total. The molecule has 1 aliphatic carbocycles. The zero-order valence-corrected chi connectivity index (χ0v) is 13.4. The van der Waals surface area contributed by atoms with Crippen molar-refractivity contribution in [2.45, 2.75) is 18.3 Å². The molecule has 6 nitrogen and oxygen atoms in total. The van der Waals surface area contributed by atoms with Crippen LogP contribution in [0.5, 0.6) is 0 Å². The molecule has 1 saturated carbocycles. The maximum absolute atomic E-state index is 5.60. The van der Waals surface area contributed by atoms with E-state index in [0.717, 1.165) is 24.2 Å². The molecule has 0 amide bonds. The fourth-order valence-electron chi connectivity index (χ4n) is 3.10. The summed E-state index contributed by atoms with van der Waals surface area (Å²) in [6.07, 6.45) is 7.39. The standard InChI is InChI=1S/C19H15N5O/c1-2-5-15(6-3-1)19(9-10-19)18-22-17(23-25-18)14-7-8-16(20-13-14)24-12-4-11-21-24/h1-8,11-13H,9-10H2. The fraction of sp³-hybridized carbons (Fsp3) is 0.158. The Kier molecular flexibility index (Phi) is 3.03. The maximum atomic E-state index is 5.60. The van der Waals surface area contributed by atoms with Crippen LogP contribution in [0.1, 0.15) is 24.3 Å². The summed E-state index contributed by atoms with van der Waals surface area (Å²) >= 11 is 0. The zero-order chi connectivity index (χ0) is 16.7. The number of pyridine rings is 1. The Morgan fingerprint density at radius 3 is 2.56 bits per heavy atom. The van der Waals surface area contributed by atoms with E-state index in [0.29, 0.717) is 11.7 Å². The first-order valence-electron chi connectivity index (χ1n) is 8.21. The van der Waals surface area contributed by atoms with Crippen LogP contribution in [0.4, 0.5) is 0 Å². The van der Waals surface area contributed by atoms with Crippen LogP contribution in [-0.2, 0) is 5.41 Å². The molecule has 4 aromatic rings. The number of hydrogen-bond acceptors (Lipinski definition) is 5. The molecule has 3 heterocycles. The van der Waals surface area contributed by atoms with E-state index in [9.17, 15) is 0 Å². The lowest BCUT2D eigenvalue weighted by Crippen LogP contribution is -2.08. The van der Waals surface area contributed by atoms with Gasteiger partial charge in [-0.25, -0.2) is 9.67 Å². The predicted octanol–water partition coefficient (Wildman–Crippen LogP) is 3.40. The number of nitrogens with zero attached hydrogens (tertiary/aromatic N) is 5. The predicted molar refractivity (Wildman–Crippen MR) is 91.1 cm³/mol. The molecule has 0 spiro atoms. The van der Waals surface area contributed by atoms with Crippen LogP contribution >= 0.6 is 0 Å². The summed E-state index contributed by atoms with van der Waals surface area (Å²) in [4.78, 5) is 9.06. The molecular formula is C19H15N5O. The molecule has 1 fully saturated rings. The van der Waals surface area contributed by atoms with Crippen molar-refractivity contribution in [3.05, 3.63) is 78.6 Å². The van der Waals surface area contributed by atoms with Crippen molar-refractivity contribution < 1.29 is 4.52 Å². The molecule has 0 unspecified atom stereocenters. The third-order valence-corrected chi connectivity index (χ3v) is 4.66. The number of hydrogen-bond donors (Lipinski definition) is 0. The topological polar surface area (TPSA) is 69.6 Å². The van der Waals surface area contributed by atoms with Gasteiger partial charge in [0.1, 0.15) is 0 Å². The summed E-state index contributed by atoms with van der Waals surface area (Å²) in [5, 5.41) is 8.33. The molecule has 0 radical (unpaired) electrons. The van der Waals surface area contributed by atoms with E-state index < -0.39 is 0 Å². The van der Waals surface area contributed by atoms with Gasteiger partial charge in [0.05, 0.1) is 5.41 Å². The fourth-order valence-corrected chi connectivity index (χ4v) is 3.10. The van der Waals surface area contributed by atoms with E-state index in [2.05, 4.69) is 32.4 Å². The maximum Gasteiger partial charge on any atom is 0.237 e. The molecule has 5 rings (SSSR count). The van der Waals surface area contributed by atoms with E-state index in [1.165, 1.54) is 5.56 Å². The Bertz CT molecular complexity index is 986. The molecule has 0 saturated heterocycles. The van der Waals surface area contributed by atoms with Gasteiger partial charge in [-0.2, -0.15) is 10.1 Å². The summed E-state index contributed by atoms with van der Waals surface area (Å²) in [5.41, 5.74) is 1.95. The summed E-state index contributed by atoms with van der Waals surface area (Å²) in [6.45, 7) is 0. The highest BCUT2D eigenvalue weighted by Crippen LogP contribution is 2.52. The number of aromatic nitrogens is 5. The minimum absolute atomic E-state index is 0.116. The summed E-state index contributed by atoms with van der Waals surface area (Å²) in [7, 11) is 0. The number of rotatable bonds is 4. The Labute approximate surface area is 144 Å². The van der Waals surface area contributed by atoms with Crippen molar-refractivity contribution in [1.29, 1.82) is 0 Å². The highest BCUT2D eigenvalue weighted by atomic mass is 16.5. The van der Waals surface area contributed by atoms with Crippen LogP contribution in [0.2, 0.25) is 0 Å². The van der Waals surface area contributed by atoms with E-state index in [1.807, 2.05) is 42.6 Å². The molecule has 0 aliphatic heterocycles. The molecule has 122 valence electrons. The zero-order valence-electron chi connectivity index (χ0n) is 13.4. The van der Waals surface area contributed by atoms with Gasteiger partial charge in [-0.3, -0.25) is 0 Å². The van der Waals surface area contributed by atoms with Crippen molar-refractivity contribution in [2.24, 2.45) is 0 Å². The van der Waals surface area contributed by atoms with Crippen LogP contribution in [0.15, 0.2) is 71.6 Å². The lowest BCUT2D eigenvalue weighted by Gasteiger charge is -2.09. The Hall–Kier alpha value is -3.28. The van der Waals surface area contributed by atoms with Crippen LogP contribution < -0.4 is 0 Å². The quantitative estimate of drug-likeness (QED) is 0.574. The average molecular weight is 329 g/mol. The Morgan fingerprint density at radius 1 is 1.00 bits per heavy atom. The van der Waals surface area contributed by atoms with Crippen molar-refractivity contribution in [1.82, 2.24) is 24.9 Å². The highest BCUT2D eigenvalue weighted by molar-refractivity contribution is 5.54. The van der Waals surface area contributed by atoms with Gasteiger partial charge < -0.3 is 4.52 Å². The lowest BCUT2D eigenvalue weighted by molar-refractivity contribution is 0.360. The van der Waals surface area contributed by atoms with Gasteiger partial charge >= 0.3 is 0 Å². The minimum Gasteiger partial charge on any atom is -0.338 e. The molecule has 0 bridgehead atoms. The molecule has 3 aromatic heterocycles. The van der Waals surface area contributed by atoms with Gasteiger partial charge in [0.15, 0.2) is 5.82 Å². The van der Waals surface area contributed by atoms with E-state index in [-0.39, 0.29) is 5.41 Å². The molecule has 0 atom stereocenters. The van der Waals surface area contributed by atoms with Crippen molar-refractivity contribution in [3.63, 3.8) is 0 Å². The first-order chi connectivity index (χ1) is 12.4. The molecule has 6 heteroatoms. The van der Waals surface area contributed by atoms with Crippen molar-refractivity contribution in [3.8, 4) is 17.2 Å². The highest BCUT2D eigenvalue weighted by Gasteiger charge is 2.50. The van der Waals surface area contributed by atoms with Crippen LogP contribution in [0.3, 0.4) is 0 Å².